The number of carbonyl (C=O) groups excluding carboxylic acids is 2. The molecule has 1 atom stereocenters. The average Bonchev–Trinajstić information content (AvgIpc) is 2.90. The minimum atomic E-state index is -0.242. The molecule has 1 aromatic heterocycles. The van der Waals surface area contributed by atoms with Crippen LogP contribution in [-0.4, -0.2) is 61.1 Å². The lowest BCUT2D eigenvalue weighted by Gasteiger charge is -2.22. The Morgan fingerprint density at radius 3 is 2.84 bits per heavy atom. The minimum Gasteiger partial charge on any atom is -0.449 e. The first-order valence-corrected chi connectivity index (χ1v) is 12.2. The first-order valence-electron chi connectivity index (χ1n) is 11.4. The third-order valence-corrected chi connectivity index (χ3v) is 7.09. The normalized spacial score (nSPS) is 19.5. The highest BCUT2D eigenvalue weighted by Gasteiger charge is 2.25. The highest BCUT2D eigenvalue weighted by atomic mass is 32.1. The fourth-order valence-electron chi connectivity index (χ4n) is 4.11. The van der Waals surface area contributed by atoms with E-state index < -0.39 is 0 Å². The minimum absolute atomic E-state index is 0.0550. The molecule has 1 fully saturated rings. The molecule has 1 unspecified atom stereocenters. The van der Waals surface area contributed by atoms with Gasteiger partial charge in [0.15, 0.2) is 0 Å². The van der Waals surface area contributed by atoms with Gasteiger partial charge in [0.2, 0.25) is 5.91 Å². The second-order valence-electron chi connectivity index (χ2n) is 9.12. The van der Waals surface area contributed by atoms with Gasteiger partial charge >= 0.3 is 6.09 Å². The highest BCUT2D eigenvalue weighted by molar-refractivity contribution is 7.16. The summed E-state index contributed by atoms with van der Waals surface area (Å²) >= 11 is 1.57. The van der Waals surface area contributed by atoms with Crippen LogP contribution < -0.4 is 5.32 Å². The number of nitrogens with one attached hydrogen (secondary N) is 1. The van der Waals surface area contributed by atoms with Crippen LogP contribution in [0.2, 0.25) is 0 Å². The molecular weight excluding hydrogens is 412 g/mol. The van der Waals surface area contributed by atoms with Gasteiger partial charge in [0.25, 0.3) is 0 Å². The van der Waals surface area contributed by atoms with Crippen molar-refractivity contribution in [1.82, 2.24) is 9.80 Å². The number of fused-ring (bicyclic) bond motifs is 1. The van der Waals surface area contributed by atoms with Crippen LogP contribution in [0.1, 0.15) is 56.0 Å². The molecule has 1 N–H and O–H groups in total. The van der Waals surface area contributed by atoms with Crippen LogP contribution in [0.4, 0.5) is 9.80 Å². The highest BCUT2D eigenvalue weighted by Crippen LogP contribution is 2.39. The summed E-state index contributed by atoms with van der Waals surface area (Å²) in [6, 6.07) is 2.31. The lowest BCUT2D eigenvalue weighted by atomic mass is 9.89. The third kappa shape index (κ3) is 6.44. The molecule has 0 aromatic carbocycles. The second-order valence-corrected chi connectivity index (χ2v) is 10.2. The van der Waals surface area contributed by atoms with Crippen molar-refractivity contribution in [2.45, 2.75) is 52.9 Å². The van der Waals surface area contributed by atoms with Crippen LogP contribution in [-0.2, 0) is 22.4 Å². The van der Waals surface area contributed by atoms with E-state index in [0.29, 0.717) is 55.1 Å². The van der Waals surface area contributed by atoms with E-state index in [9.17, 15) is 14.9 Å². The molecule has 0 radical (unpaired) electrons. The fourth-order valence-corrected chi connectivity index (χ4v) is 5.49. The number of carbonyl (C=O) groups is 2. The molecule has 0 saturated carbocycles. The Hall–Kier alpha value is -2.11. The number of thiophene rings is 1. The number of hydrogen-bond donors (Lipinski definition) is 1. The summed E-state index contributed by atoms with van der Waals surface area (Å²) in [4.78, 5) is 30.0. The van der Waals surface area contributed by atoms with Gasteiger partial charge in [0, 0.05) is 37.5 Å². The summed E-state index contributed by atoms with van der Waals surface area (Å²) in [7, 11) is 0. The van der Waals surface area contributed by atoms with E-state index in [1.165, 1.54) is 4.88 Å². The van der Waals surface area contributed by atoms with Gasteiger partial charge in [-0.3, -0.25) is 4.79 Å². The zero-order valence-electron chi connectivity index (χ0n) is 18.9. The van der Waals surface area contributed by atoms with E-state index in [0.717, 1.165) is 44.3 Å². The number of nitriles is 1. The Morgan fingerprint density at radius 1 is 1.29 bits per heavy atom. The van der Waals surface area contributed by atoms with Gasteiger partial charge < -0.3 is 19.9 Å². The number of nitrogens with zero attached hydrogens (tertiary/aromatic N) is 3. The van der Waals surface area contributed by atoms with Crippen LogP contribution >= 0.6 is 11.3 Å². The van der Waals surface area contributed by atoms with Crippen molar-refractivity contribution in [2.24, 2.45) is 11.8 Å². The van der Waals surface area contributed by atoms with E-state index >= 15 is 0 Å². The lowest BCUT2D eigenvalue weighted by Crippen LogP contribution is -2.36. The van der Waals surface area contributed by atoms with Crippen molar-refractivity contribution in [3.05, 3.63) is 16.0 Å². The number of amides is 2. The van der Waals surface area contributed by atoms with Crippen molar-refractivity contribution in [1.29, 1.82) is 5.26 Å². The van der Waals surface area contributed by atoms with Crippen LogP contribution in [0.15, 0.2) is 0 Å². The molecule has 2 heterocycles. The molecule has 3 rings (SSSR count). The van der Waals surface area contributed by atoms with Gasteiger partial charge in [-0.1, -0.05) is 20.8 Å². The van der Waals surface area contributed by atoms with E-state index in [4.69, 9.17) is 4.74 Å². The Balaban J connectivity index is 1.47. The van der Waals surface area contributed by atoms with Gasteiger partial charge in [-0.2, -0.15) is 5.26 Å². The van der Waals surface area contributed by atoms with Gasteiger partial charge in [0.1, 0.15) is 11.1 Å². The Bertz CT molecular complexity index is 830. The van der Waals surface area contributed by atoms with Crippen molar-refractivity contribution in [3.63, 3.8) is 0 Å². The van der Waals surface area contributed by atoms with Crippen LogP contribution in [0.3, 0.4) is 0 Å². The monoisotopic (exact) mass is 446 g/mol. The Labute approximate surface area is 189 Å². The van der Waals surface area contributed by atoms with E-state index in [2.05, 4.69) is 23.2 Å². The molecule has 0 spiro atoms. The number of anilines is 1. The number of hydrogen-bond acceptors (Lipinski definition) is 6. The van der Waals surface area contributed by atoms with E-state index in [1.54, 1.807) is 16.2 Å². The lowest BCUT2D eigenvalue weighted by molar-refractivity contribution is -0.116. The van der Waals surface area contributed by atoms with Gasteiger partial charge in [-0.15, -0.1) is 11.3 Å². The molecule has 31 heavy (non-hydrogen) atoms. The molecule has 0 bridgehead atoms. The summed E-state index contributed by atoms with van der Waals surface area (Å²) in [6.07, 6.45) is 4.02. The van der Waals surface area contributed by atoms with E-state index in [1.807, 2.05) is 13.8 Å². The number of rotatable bonds is 6. The molecule has 2 aliphatic rings. The van der Waals surface area contributed by atoms with Gasteiger partial charge in [-0.05, 0) is 49.6 Å². The number of ether oxygens (including phenoxy) is 1. The first kappa shape index (κ1) is 23.6. The van der Waals surface area contributed by atoms with Crippen molar-refractivity contribution in [2.75, 3.05) is 44.6 Å². The summed E-state index contributed by atoms with van der Waals surface area (Å²) < 4.78 is 5.34. The molecule has 1 aromatic rings. The molecule has 1 saturated heterocycles. The van der Waals surface area contributed by atoms with Gasteiger partial charge in [-0.25, -0.2) is 4.79 Å². The quantitative estimate of drug-likeness (QED) is 0.717. The molecule has 1 aliphatic carbocycles. The summed E-state index contributed by atoms with van der Waals surface area (Å²) in [5, 5.41) is 13.3. The molecule has 8 heteroatoms. The first-order chi connectivity index (χ1) is 14.9. The largest absolute Gasteiger partial charge is 0.449 e. The van der Waals surface area contributed by atoms with Crippen LogP contribution in [0.25, 0.3) is 0 Å². The summed E-state index contributed by atoms with van der Waals surface area (Å²) in [6.45, 7) is 10.3. The molecule has 7 nitrogen and oxygen atoms in total. The van der Waals surface area contributed by atoms with Crippen molar-refractivity contribution < 1.29 is 14.3 Å². The van der Waals surface area contributed by atoms with Crippen LogP contribution in [0, 0.1) is 23.2 Å². The SMILES string of the molecule is CC(C)COC(=O)N1CCCN(CCC(=O)Nc2sc3c(c2C#N)CCC(C)C3)CC1. The smallest absolute Gasteiger partial charge is 0.409 e. The molecular formula is C23H34N4O3S. The Kier molecular flexibility index (Phi) is 8.33. The maximum Gasteiger partial charge on any atom is 0.409 e. The predicted molar refractivity (Wildman–Crippen MR) is 122 cm³/mol. The zero-order chi connectivity index (χ0) is 22.4. The maximum absolute atomic E-state index is 12.6. The molecule has 1 aliphatic heterocycles. The summed E-state index contributed by atoms with van der Waals surface area (Å²) in [5.74, 6) is 0.900. The van der Waals surface area contributed by atoms with Crippen LogP contribution in [0.5, 0.6) is 0 Å². The average molecular weight is 447 g/mol. The van der Waals surface area contributed by atoms with Crippen molar-refractivity contribution >= 4 is 28.3 Å². The standard InChI is InChI=1S/C23H34N4O3S/c1-16(2)15-30-23(29)27-9-4-8-26(11-12-27)10-7-21(28)25-22-19(14-24)18-6-5-17(3)13-20(18)31-22/h16-17H,4-13,15H2,1-3H3,(H,25,28). The third-order valence-electron chi connectivity index (χ3n) is 5.92. The van der Waals surface area contributed by atoms with Gasteiger partial charge in [0.05, 0.1) is 12.2 Å². The second kappa shape index (κ2) is 11.0. The summed E-state index contributed by atoms with van der Waals surface area (Å²) in [5.41, 5.74) is 1.79. The molecule has 2 amide bonds. The van der Waals surface area contributed by atoms with Crippen molar-refractivity contribution in [3.8, 4) is 6.07 Å². The van der Waals surface area contributed by atoms with E-state index in [-0.39, 0.29) is 12.0 Å². The maximum atomic E-state index is 12.6. The predicted octanol–water partition coefficient (Wildman–Crippen LogP) is 3.87. The zero-order valence-corrected chi connectivity index (χ0v) is 19.7. The fraction of sp³-hybridized carbons (Fsp3) is 0.696. The topological polar surface area (TPSA) is 85.7 Å². The Morgan fingerprint density at radius 2 is 2.10 bits per heavy atom. The molecule has 170 valence electrons.